The van der Waals surface area contributed by atoms with Crippen molar-refractivity contribution in [2.24, 2.45) is 5.41 Å². The fourth-order valence-electron chi connectivity index (χ4n) is 3.28. The second-order valence-corrected chi connectivity index (χ2v) is 9.95. The number of hydrogen-bond acceptors (Lipinski definition) is 5. The molecule has 0 aromatic heterocycles. The summed E-state index contributed by atoms with van der Waals surface area (Å²) in [5, 5.41) is 14.1. The number of carbonyl (C=O) groups is 1. The third-order valence-corrected chi connectivity index (χ3v) is 6.33. The first kappa shape index (κ1) is 22.4. The number of methoxy groups -OCH3 is 1. The standard InChI is InChI=1S/C23H26N2O5S/c1-23(2,3)21(22(26)27)24-19-13-14-20(18-8-6-5-7-17(18)19)25-31(28,29)16-11-9-15(30-4)10-12-16/h5-14,21,24-25H,1-4H3,(H,26,27)/t21-/m1/s1. The number of ether oxygens (including phenoxy) is 1. The maximum Gasteiger partial charge on any atom is 0.326 e. The number of nitrogens with one attached hydrogen (secondary N) is 2. The van der Waals surface area contributed by atoms with Crippen LogP contribution >= 0.6 is 0 Å². The van der Waals surface area contributed by atoms with E-state index in [0.29, 0.717) is 27.9 Å². The Balaban J connectivity index is 2.00. The molecule has 0 spiro atoms. The van der Waals surface area contributed by atoms with E-state index in [1.54, 1.807) is 36.4 Å². The Morgan fingerprint density at radius 2 is 1.48 bits per heavy atom. The molecule has 0 saturated heterocycles. The van der Waals surface area contributed by atoms with Crippen LogP contribution in [0.25, 0.3) is 10.8 Å². The zero-order valence-electron chi connectivity index (χ0n) is 17.8. The highest BCUT2D eigenvalue weighted by Crippen LogP contribution is 2.33. The molecule has 0 amide bonds. The largest absolute Gasteiger partial charge is 0.497 e. The summed E-state index contributed by atoms with van der Waals surface area (Å²) in [6.07, 6.45) is 0. The zero-order chi connectivity index (χ0) is 22.8. The number of anilines is 2. The van der Waals surface area contributed by atoms with Crippen LogP contribution in [0, 0.1) is 5.41 Å². The molecule has 164 valence electrons. The lowest BCUT2D eigenvalue weighted by molar-refractivity contribution is -0.140. The van der Waals surface area contributed by atoms with Gasteiger partial charge in [0.25, 0.3) is 10.0 Å². The van der Waals surface area contributed by atoms with Crippen molar-refractivity contribution in [3.05, 3.63) is 60.7 Å². The summed E-state index contributed by atoms with van der Waals surface area (Å²) in [7, 11) is -2.31. The lowest BCUT2D eigenvalue weighted by Gasteiger charge is -2.29. The minimum Gasteiger partial charge on any atom is -0.497 e. The summed E-state index contributed by atoms with van der Waals surface area (Å²) >= 11 is 0. The number of hydrogen-bond donors (Lipinski definition) is 3. The van der Waals surface area contributed by atoms with Crippen LogP contribution in [-0.2, 0) is 14.8 Å². The first-order chi connectivity index (χ1) is 14.5. The smallest absolute Gasteiger partial charge is 0.326 e. The molecule has 0 aliphatic carbocycles. The second kappa shape index (κ2) is 8.47. The average Bonchev–Trinajstić information content (AvgIpc) is 2.72. The first-order valence-electron chi connectivity index (χ1n) is 9.71. The van der Waals surface area contributed by atoms with Crippen molar-refractivity contribution in [1.82, 2.24) is 0 Å². The SMILES string of the molecule is COc1ccc(S(=O)(=O)Nc2ccc(N[C@H](C(=O)O)C(C)(C)C)c3ccccc23)cc1. The van der Waals surface area contributed by atoms with Crippen LogP contribution in [0.3, 0.4) is 0 Å². The number of sulfonamides is 1. The van der Waals surface area contributed by atoms with E-state index in [0.717, 1.165) is 0 Å². The van der Waals surface area contributed by atoms with Gasteiger partial charge in [-0.1, -0.05) is 45.0 Å². The van der Waals surface area contributed by atoms with Crippen molar-refractivity contribution in [2.75, 3.05) is 17.1 Å². The predicted octanol–water partition coefficient (Wildman–Crippen LogP) is 4.56. The van der Waals surface area contributed by atoms with Gasteiger partial charge in [0.1, 0.15) is 11.8 Å². The third-order valence-electron chi connectivity index (χ3n) is 4.95. The van der Waals surface area contributed by atoms with Crippen LogP contribution in [-0.4, -0.2) is 32.6 Å². The second-order valence-electron chi connectivity index (χ2n) is 8.27. The molecule has 0 bridgehead atoms. The van der Waals surface area contributed by atoms with Crippen LogP contribution < -0.4 is 14.8 Å². The predicted molar refractivity (Wildman–Crippen MR) is 122 cm³/mol. The maximum atomic E-state index is 12.9. The monoisotopic (exact) mass is 442 g/mol. The Bertz CT molecular complexity index is 1200. The average molecular weight is 443 g/mol. The highest BCUT2D eigenvalue weighted by molar-refractivity contribution is 7.92. The molecule has 0 saturated carbocycles. The molecule has 0 heterocycles. The summed E-state index contributed by atoms with van der Waals surface area (Å²) in [5.74, 6) is -0.396. The number of carboxylic acids is 1. The third kappa shape index (κ3) is 4.91. The van der Waals surface area contributed by atoms with Gasteiger partial charge in [0.05, 0.1) is 17.7 Å². The molecule has 0 unspecified atom stereocenters. The molecule has 31 heavy (non-hydrogen) atoms. The van der Waals surface area contributed by atoms with Gasteiger partial charge in [0.15, 0.2) is 0 Å². The van der Waals surface area contributed by atoms with Gasteiger partial charge in [0.2, 0.25) is 0 Å². The zero-order valence-corrected chi connectivity index (χ0v) is 18.7. The van der Waals surface area contributed by atoms with E-state index in [-0.39, 0.29) is 4.90 Å². The fourth-order valence-corrected chi connectivity index (χ4v) is 4.36. The van der Waals surface area contributed by atoms with E-state index in [9.17, 15) is 18.3 Å². The van der Waals surface area contributed by atoms with Gasteiger partial charge in [-0.3, -0.25) is 4.72 Å². The van der Waals surface area contributed by atoms with Gasteiger partial charge < -0.3 is 15.2 Å². The minimum atomic E-state index is -3.82. The van der Waals surface area contributed by atoms with Gasteiger partial charge in [-0.25, -0.2) is 13.2 Å². The van der Waals surface area contributed by atoms with Crippen molar-refractivity contribution in [3.8, 4) is 5.75 Å². The lowest BCUT2D eigenvalue weighted by atomic mass is 9.86. The van der Waals surface area contributed by atoms with Crippen LogP contribution in [0.2, 0.25) is 0 Å². The van der Waals surface area contributed by atoms with Crippen molar-refractivity contribution < 1.29 is 23.1 Å². The van der Waals surface area contributed by atoms with Crippen molar-refractivity contribution in [2.45, 2.75) is 31.7 Å². The molecular weight excluding hydrogens is 416 g/mol. The van der Waals surface area contributed by atoms with E-state index < -0.39 is 27.4 Å². The molecule has 3 aromatic rings. The molecule has 1 atom stereocenters. The van der Waals surface area contributed by atoms with Gasteiger partial charge in [0, 0.05) is 16.5 Å². The van der Waals surface area contributed by atoms with Crippen molar-refractivity contribution in [1.29, 1.82) is 0 Å². The number of benzene rings is 3. The van der Waals surface area contributed by atoms with Crippen LogP contribution in [0.5, 0.6) is 5.75 Å². The Labute approximate surface area is 182 Å². The number of fused-ring (bicyclic) bond motifs is 1. The number of aliphatic carboxylic acids is 1. The van der Waals surface area contributed by atoms with Gasteiger partial charge >= 0.3 is 5.97 Å². The molecule has 7 nitrogen and oxygen atoms in total. The Kier molecular flexibility index (Phi) is 6.13. The number of carboxylic acid groups (broad SMARTS) is 1. The molecule has 3 aromatic carbocycles. The van der Waals surface area contributed by atoms with E-state index in [1.165, 1.54) is 19.2 Å². The Morgan fingerprint density at radius 3 is 2.00 bits per heavy atom. The quantitative estimate of drug-likeness (QED) is 0.495. The van der Waals surface area contributed by atoms with Crippen molar-refractivity contribution >= 4 is 38.1 Å². The van der Waals surface area contributed by atoms with E-state index >= 15 is 0 Å². The summed E-state index contributed by atoms with van der Waals surface area (Å²) in [6, 6.07) is 15.8. The van der Waals surface area contributed by atoms with Crippen LogP contribution in [0.15, 0.2) is 65.6 Å². The summed E-state index contributed by atoms with van der Waals surface area (Å²) < 4.78 is 33.5. The van der Waals surface area contributed by atoms with Gasteiger partial charge in [-0.05, 0) is 41.8 Å². The first-order valence-corrected chi connectivity index (χ1v) is 11.2. The fraction of sp³-hybridized carbons (Fsp3) is 0.261. The highest BCUT2D eigenvalue weighted by atomic mass is 32.2. The van der Waals surface area contributed by atoms with Gasteiger partial charge in [-0.2, -0.15) is 0 Å². The van der Waals surface area contributed by atoms with Gasteiger partial charge in [-0.15, -0.1) is 0 Å². The molecule has 0 radical (unpaired) electrons. The Hall–Kier alpha value is -3.26. The van der Waals surface area contributed by atoms with E-state index in [4.69, 9.17) is 4.74 Å². The summed E-state index contributed by atoms with van der Waals surface area (Å²) in [4.78, 5) is 11.9. The topological polar surface area (TPSA) is 105 Å². The highest BCUT2D eigenvalue weighted by Gasteiger charge is 2.31. The normalized spacial score (nSPS) is 12.9. The molecule has 3 rings (SSSR count). The molecule has 8 heteroatoms. The number of rotatable bonds is 7. The molecule has 0 aliphatic rings. The summed E-state index contributed by atoms with van der Waals surface area (Å²) in [6.45, 7) is 5.54. The van der Waals surface area contributed by atoms with Crippen molar-refractivity contribution in [3.63, 3.8) is 0 Å². The summed E-state index contributed by atoms with van der Waals surface area (Å²) in [5.41, 5.74) is 0.492. The Morgan fingerprint density at radius 1 is 0.935 bits per heavy atom. The van der Waals surface area contributed by atoms with Crippen LogP contribution in [0.4, 0.5) is 11.4 Å². The molecule has 0 aliphatic heterocycles. The maximum absolute atomic E-state index is 12.9. The lowest BCUT2D eigenvalue weighted by Crippen LogP contribution is -2.41. The molecular formula is C23H26N2O5S. The molecule has 0 fully saturated rings. The minimum absolute atomic E-state index is 0.109. The van der Waals surface area contributed by atoms with E-state index in [2.05, 4.69) is 10.0 Å². The van der Waals surface area contributed by atoms with E-state index in [1.807, 2.05) is 32.9 Å². The molecule has 3 N–H and O–H groups in total. The van der Waals surface area contributed by atoms with Crippen LogP contribution in [0.1, 0.15) is 20.8 Å².